The largest absolute Gasteiger partial charge is 0.366 e. The number of amides is 1. The van der Waals surface area contributed by atoms with E-state index in [2.05, 4.69) is 15.0 Å². The van der Waals surface area contributed by atoms with Gasteiger partial charge in [-0.25, -0.2) is 9.50 Å². The van der Waals surface area contributed by atoms with Crippen molar-refractivity contribution in [2.45, 2.75) is 19.5 Å². The molecule has 0 unspecified atom stereocenters. The molecule has 0 saturated carbocycles. The van der Waals surface area contributed by atoms with Crippen LogP contribution in [-0.2, 0) is 19.5 Å². The zero-order valence-electron chi connectivity index (χ0n) is 11.9. The van der Waals surface area contributed by atoms with Crippen molar-refractivity contribution in [3.05, 3.63) is 51.6 Å². The Balaban J connectivity index is 1.57. The lowest BCUT2D eigenvalue weighted by Crippen LogP contribution is -2.30. The van der Waals surface area contributed by atoms with Crippen LogP contribution in [0.1, 0.15) is 26.5 Å². The Morgan fingerprint density at radius 3 is 3.23 bits per heavy atom. The standard InChI is InChI=1S/C15H15N5OS/c16-15(21)12-9-22-13-8-19(5-3-11(12)13)7-10-6-17-14-2-1-4-18-20(10)14/h1-2,4,6,9H,3,5,7-8H2,(H2,16,21). The minimum Gasteiger partial charge on any atom is -0.366 e. The monoisotopic (exact) mass is 313 g/mol. The van der Waals surface area contributed by atoms with Gasteiger partial charge in [0.05, 0.1) is 17.5 Å². The second-order valence-electron chi connectivity index (χ2n) is 5.42. The van der Waals surface area contributed by atoms with Gasteiger partial charge < -0.3 is 5.73 Å². The second kappa shape index (κ2) is 5.19. The molecular formula is C15H15N5OS. The van der Waals surface area contributed by atoms with Gasteiger partial charge in [0.2, 0.25) is 5.91 Å². The van der Waals surface area contributed by atoms with Crippen LogP contribution >= 0.6 is 11.3 Å². The SMILES string of the molecule is NC(=O)c1csc2c1CCN(Cc1cnc3cccnn13)C2. The predicted molar refractivity (Wildman–Crippen MR) is 83.6 cm³/mol. The van der Waals surface area contributed by atoms with Crippen molar-refractivity contribution in [1.82, 2.24) is 19.5 Å². The molecule has 0 fully saturated rings. The maximum Gasteiger partial charge on any atom is 0.249 e. The van der Waals surface area contributed by atoms with Gasteiger partial charge in [0.1, 0.15) is 0 Å². The number of nitrogens with two attached hydrogens (primary N) is 1. The Morgan fingerprint density at radius 1 is 1.45 bits per heavy atom. The van der Waals surface area contributed by atoms with Crippen LogP contribution in [0.25, 0.3) is 5.65 Å². The third-order valence-corrected chi connectivity index (χ3v) is 5.04. The molecule has 2 N–H and O–H groups in total. The molecule has 0 bridgehead atoms. The fourth-order valence-electron chi connectivity index (χ4n) is 2.94. The summed E-state index contributed by atoms with van der Waals surface area (Å²) in [6, 6.07) is 3.83. The predicted octanol–water partition coefficient (Wildman–Crippen LogP) is 1.45. The number of primary amides is 1. The molecule has 0 radical (unpaired) electrons. The molecule has 0 aromatic carbocycles. The quantitative estimate of drug-likeness (QED) is 0.794. The lowest BCUT2D eigenvalue weighted by Gasteiger charge is -2.26. The number of imidazole rings is 1. The third kappa shape index (κ3) is 2.18. The highest BCUT2D eigenvalue weighted by atomic mass is 32.1. The normalized spacial score (nSPS) is 15.1. The average molecular weight is 313 g/mol. The van der Waals surface area contributed by atoms with Gasteiger partial charge >= 0.3 is 0 Å². The molecule has 112 valence electrons. The number of thiophene rings is 1. The molecule has 7 heteroatoms. The van der Waals surface area contributed by atoms with Gasteiger partial charge in [0.25, 0.3) is 0 Å². The van der Waals surface area contributed by atoms with E-state index in [1.165, 1.54) is 4.88 Å². The number of carbonyl (C=O) groups is 1. The summed E-state index contributed by atoms with van der Waals surface area (Å²) >= 11 is 1.62. The van der Waals surface area contributed by atoms with Crippen molar-refractivity contribution in [1.29, 1.82) is 0 Å². The number of carbonyl (C=O) groups excluding carboxylic acids is 1. The zero-order valence-corrected chi connectivity index (χ0v) is 12.7. The molecule has 0 aliphatic carbocycles. The maximum absolute atomic E-state index is 11.4. The van der Waals surface area contributed by atoms with Crippen molar-refractivity contribution < 1.29 is 4.79 Å². The van der Waals surface area contributed by atoms with Crippen molar-refractivity contribution in [2.24, 2.45) is 5.73 Å². The van der Waals surface area contributed by atoms with Crippen LogP contribution in [0.4, 0.5) is 0 Å². The highest BCUT2D eigenvalue weighted by Gasteiger charge is 2.23. The van der Waals surface area contributed by atoms with Crippen LogP contribution in [0, 0.1) is 0 Å². The van der Waals surface area contributed by atoms with Gasteiger partial charge in [0, 0.05) is 36.1 Å². The lowest BCUT2D eigenvalue weighted by molar-refractivity contribution is 0.0999. The Hall–Kier alpha value is -2.25. The molecule has 3 aromatic rings. The summed E-state index contributed by atoms with van der Waals surface area (Å²) in [7, 11) is 0. The Labute approximate surface area is 131 Å². The summed E-state index contributed by atoms with van der Waals surface area (Å²) in [6.45, 7) is 2.54. The third-order valence-electron chi connectivity index (χ3n) is 4.03. The smallest absolute Gasteiger partial charge is 0.249 e. The summed E-state index contributed by atoms with van der Waals surface area (Å²) in [4.78, 5) is 19.4. The van der Waals surface area contributed by atoms with Gasteiger partial charge in [-0.1, -0.05) is 0 Å². The van der Waals surface area contributed by atoms with Crippen LogP contribution in [0.5, 0.6) is 0 Å². The fourth-order valence-corrected chi connectivity index (χ4v) is 4.07. The van der Waals surface area contributed by atoms with Gasteiger partial charge in [-0.05, 0) is 24.1 Å². The molecule has 1 aliphatic rings. The molecule has 6 nitrogen and oxygen atoms in total. The molecule has 4 rings (SSSR count). The van der Waals surface area contributed by atoms with Crippen molar-refractivity contribution in [2.75, 3.05) is 6.54 Å². The first-order chi connectivity index (χ1) is 10.7. The molecule has 22 heavy (non-hydrogen) atoms. The Kier molecular flexibility index (Phi) is 3.16. The molecule has 3 aromatic heterocycles. The minimum atomic E-state index is -0.322. The summed E-state index contributed by atoms with van der Waals surface area (Å²) in [5, 5.41) is 6.23. The van der Waals surface area contributed by atoms with Crippen molar-refractivity contribution >= 4 is 22.9 Å². The fraction of sp³-hybridized carbons (Fsp3) is 0.267. The summed E-state index contributed by atoms with van der Waals surface area (Å²) in [5.41, 5.74) is 9.18. The number of nitrogens with zero attached hydrogens (tertiary/aromatic N) is 4. The van der Waals surface area contributed by atoms with Gasteiger partial charge in [-0.3, -0.25) is 9.69 Å². The first-order valence-electron chi connectivity index (χ1n) is 7.11. The van der Waals surface area contributed by atoms with Crippen molar-refractivity contribution in [3.63, 3.8) is 0 Å². The topological polar surface area (TPSA) is 76.5 Å². The molecule has 0 saturated heterocycles. The van der Waals surface area contributed by atoms with Gasteiger partial charge in [0.15, 0.2) is 5.65 Å². The molecule has 1 amide bonds. The van der Waals surface area contributed by atoms with E-state index >= 15 is 0 Å². The van der Waals surface area contributed by atoms with E-state index in [1.807, 2.05) is 28.2 Å². The molecule has 4 heterocycles. The van der Waals surface area contributed by atoms with Crippen LogP contribution in [0.2, 0.25) is 0 Å². The van der Waals surface area contributed by atoms with Gasteiger partial charge in [-0.2, -0.15) is 5.10 Å². The summed E-state index contributed by atoms with van der Waals surface area (Å²) < 4.78 is 1.87. The number of hydrogen-bond acceptors (Lipinski definition) is 5. The Bertz CT molecular complexity index is 853. The molecular weight excluding hydrogens is 298 g/mol. The Morgan fingerprint density at radius 2 is 2.36 bits per heavy atom. The first kappa shape index (κ1) is 13.4. The van der Waals surface area contributed by atoms with E-state index in [0.717, 1.165) is 43.0 Å². The number of aromatic nitrogens is 3. The van der Waals surface area contributed by atoms with Crippen molar-refractivity contribution in [3.8, 4) is 0 Å². The highest BCUT2D eigenvalue weighted by Crippen LogP contribution is 2.29. The number of hydrogen-bond donors (Lipinski definition) is 1. The minimum absolute atomic E-state index is 0.322. The first-order valence-corrected chi connectivity index (χ1v) is 7.99. The second-order valence-corrected chi connectivity index (χ2v) is 6.38. The van der Waals surface area contributed by atoms with Crippen LogP contribution in [0.3, 0.4) is 0 Å². The van der Waals surface area contributed by atoms with Crippen LogP contribution in [0.15, 0.2) is 29.9 Å². The average Bonchev–Trinajstić information content (AvgIpc) is 3.11. The highest BCUT2D eigenvalue weighted by molar-refractivity contribution is 7.10. The number of fused-ring (bicyclic) bond motifs is 2. The molecule has 0 spiro atoms. The van der Waals surface area contributed by atoms with Gasteiger partial charge in [-0.15, -0.1) is 11.3 Å². The van der Waals surface area contributed by atoms with E-state index in [-0.39, 0.29) is 5.91 Å². The molecule has 0 atom stereocenters. The van der Waals surface area contributed by atoms with E-state index in [1.54, 1.807) is 17.5 Å². The maximum atomic E-state index is 11.4. The van der Waals surface area contributed by atoms with Crippen LogP contribution < -0.4 is 5.73 Å². The number of rotatable bonds is 3. The molecule has 1 aliphatic heterocycles. The van der Waals surface area contributed by atoms with E-state index in [4.69, 9.17) is 5.73 Å². The van der Waals surface area contributed by atoms with E-state index in [9.17, 15) is 4.79 Å². The van der Waals surface area contributed by atoms with E-state index in [0.29, 0.717) is 5.56 Å². The lowest BCUT2D eigenvalue weighted by atomic mass is 10.0. The van der Waals surface area contributed by atoms with E-state index < -0.39 is 0 Å². The zero-order chi connectivity index (χ0) is 15.1. The summed E-state index contributed by atoms with van der Waals surface area (Å²) in [5.74, 6) is -0.322. The summed E-state index contributed by atoms with van der Waals surface area (Å²) in [6.07, 6.45) is 4.51. The van der Waals surface area contributed by atoms with Crippen LogP contribution in [-0.4, -0.2) is 31.9 Å².